The van der Waals surface area contributed by atoms with Crippen LogP contribution in [0.3, 0.4) is 0 Å². The van der Waals surface area contributed by atoms with Crippen molar-refractivity contribution < 1.29 is 4.79 Å². The highest BCUT2D eigenvalue weighted by atomic mass is 35.5. The van der Waals surface area contributed by atoms with Crippen LogP contribution in [0.2, 0.25) is 5.02 Å². The Morgan fingerprint density at radius 1 is 1.29 bits per heavy atom. The molecule has 0 unspecified atom stereocenters. The van der Waals surface area contributed by atoms with E-state index in [1.165, 1.54) is 0 Å². The van der Waals surface area contributed by atoms with Gasteiger partial charge in [0.05, 0.1) is 5.02 Å². The van der Waals surface area contributed by atoms with Crippen molar-refractivity contribution in [2.75, 3.05) is 19.6 Å². The normalized spacial score (nSPS) is 11.0. The van der Waals surface area contributed by atoms with Gasteiger partial charge in [-0.15, -0.1) is 0 Å². The van der Waals surface area contributed by atoms with Crippen LogP contribution in [0.5, 0.6) is 0 Å². The number of amides is 1. The first kappa shape index (κ1) is 15.9. The van der Waals surface area contributed by atoms with Gasteiger partial charge in [0, 0.05) is 49.2 Å². The third-order valence-electron chi connectivity index (χ3n) is 3.65. The molecule has 4 nitrogen and oxygen atoms in total. The average molecular weight is 308 g/mol. The summed E-state index contributed by atoms with van der Waals surface area (Å²) >= 11 is 6.35. The number of nitrogens with zero attached hydrogens (tertiary/aromatic N) is 1. The van der Waals surface area contributed by atoms with Crippen LogP contribution in [0.4, 0.5) is 0 Å². The largest absolute Gasteiger partial charge is 0.356 e. The standard InChI is InChI=1S/C16H22ClN3O/c1-3-20(4-2)15(21)9-10-18-11-14-16(17)12-7-5-6-8-13(12)19-14/h5-8,18-19H,3-4,9-11H2,1-2H3. The van der Waals surface area contributed by atoms with Crippen LogP contribution in [0.1, 0.15) is 26.0 Å². The Bertz CT molecular complexity index is 605. The fourth-order valence-electron chi connectivity index (χ4n) is 2.43. The number of carbonyl (C=O) groups excluding carboxylic acids is 1. The molecule has 1 aromatic heterocycles. The molecule has 0 aliphatic heterocycles. The first-order chi connectivity index (χ1) is 10.2. The van der Waals surface area contributed by atoms with E-state index in [-0.39, 0.29) is 5.91 Å². The molecule has 0 saturated carbocycles. The number of benzene rings is 1. The summed E-state index contributed by atoms with van der Waals surface area (Å²) < 4.78 is 0. The lowest BCUT2D eigenvalue weighted by molar-refractivity contribution is -0.130. The van der Waals surface area contributed by atoms with Crippen molar-refractivity contribution >= 4 is 28.4 Å². The fourth-order valence-corrected chi connectivity index (χ4v) is 2.71. The number of fused-ring (bicyclic) bond motifs is 1. The summed E-state index contributed by atoms with van der Waals surface area (Å²) in [6.07, 6.45) is 0.513. The van der Waals surface area contributed by atoms with Gasteiger partial charge in [-0.3, -0.25) is 4.79 Å². The van der Waals surface area contributed by atoms with Crippen molar-refractivity contribution in [3.8, 4) is 0 Å². The molecule has 2 N–H and O–H groups in total. The molecule has 0 bridgehead atoms. The van der Waals surface area contributed by atoms with Gasteiger partial charge in [-0.2, -0.15) is 0 Å². The molecule has 1 amide bonds. The summed E-state index contributed by atoms with van der Waals surface area (Å²) in [5, 5.41) is 5.07. The van der Waals surface area contributed by atoms with Crippen LogP contribution in [0.25, 0.3) is 10.9 Å². The second-order valence-electron chi connectivity index (χ2n) is 4.96. The van der Waals surface area contributed by atoms with Crippen molar-refractivity contribution in [2.45, 2.75) is 26.8 Å². The molecule has 0 spiro atoms. The first-order valence-electron chi connectivity index (χ1n) is 7.40. The molecule has 0 saturated heterocycles. The van der Waals surface area contributed by atoms with Gasteiger partial charge >= 0.3 is 0 Å². The predicted octanol–water partition coefficient (Wildman–Crippen LogP) is 3.17. The summed E-state index contributed by atoms with van der Waals surface area (Å²) in [5.41, 5.74) is 2.01. The second kappa shape index (κ2) is 7.48. The van der Waals surface area contributed by atoms with Crippen LogP contribution in [0, 0.1) is 0 Å². The molecule has 1 aromatic carbocycles. The van der Waals surface area contributed by atoms with E-state index < -0.39 is 0 Å². The molecule has 2 rings (SSSR count). The molecule has 0 fully saturated rings. The van der Waals surface area contributed by atoms with Crippen LogP contribution >= 0.6 is 11.6 Å². The highest BCUT2D eigenvalue weighted by Crippen LogP contribution is 2.26. The van der Waals surface area contributed by atoms with E-state index in [2.05, 4.69) is 10.3 Å². The topological polar surface area (TPSA) is 48.1 Å². The minimum Gasteiger partial charge on any atom is -0.356 e. The van der Waals surface area contributed by atoms with Gasteiger partial charge in [0.25, 0.3) is 0 Å². The van der Waals surface area contributed by atoms with Gasteiger partial charge in [-0.05, 0) is 19.9 Å². The SMILES string of the molecule is CCN(CC)C(=O)CCNCc1[nH]c2ccccc2c1Cl. The lowest BCUT2D eigenvalue weighted by Gasteiger charge is -2.18. The lowest BCUT2D eigenvalue weighted by atomic mass is 10.2. The van der Waals surface area contributed by atoms with Gasteiger partial charge < -0.3 is 15.2 Å². The van der Waals surface area contributed by atoms with Gasteiger partial charge in [-0.1, -0.05) is 29.8 Å². The Morgan fingerprint density at radius 3 is 2.67 bits per heavy atom. The van der Waals surface area contributed by atoms with Gasteiger partial charge in [0.2, 0.25) is 5.91 Å². The Hall–Kier alpha value is -1.52. The van der Waals surface area contributed by atoms with Crippen molar-refractivity contribution in [3.05, 3.63) is 35.0 Å². The first-order valence-corrected chi connectivity index (χ1v) is 7.78. The molecule has 1 heterocycles. The third kappa shape index (κ3) is 3.77. The quantitative estimate of drug-likeness (QED) is 0.772. The number of halogens is 1. The van der Waals surface area contributed by atoms with Crippen LogP contribution in [-0.4, -0.2) is 35.4 Å². The van der Waals surface area contributed by atoms with Gasteiger partial charge in [0.15, 0.2) is 0 Å². The number of para-hydroxylation sites is 1. The van der Waals surface area contributed by atoms with Gasteiger partial charge in [-0.25, -0.2) is 0 Å². The van der Waals surface area contributed by atoms with E-state index in [0.717, 1.165) is 34.7 Å². The number of aromatic nitrogens is 1. The minimum atomic E-state index is 0.190. The molecule has 2 aromatic rings. The maximum Gasteiger partial charge on any atom is 0.223 e. The van der Waals surface area contributed by atoms with E-state index in [1.54, 1.807) is 0 Å². The van der Waals surface area contributed by atoms with Crippen LogP contribution in [-0.2, 0) is 11.3 Å². The number of rotatable bonds is 7. The molecular formula is C16H22ClN3O. The molecule has 0 aliphatic carbocycles. The van der Waals surface area contributed by atoms with Crippen molar-refractivity contribution in [3.63, 3.8) is 0 Å². The zero-order valence-corrected chi connectivity index (χ0v) is 13.3. The number of nitrogens with one attached hydrogen (secondary N) is 2. The maximum atomic E-state index is 11.9. The maximum absolute atomic E-state index is 11.9. The Labute approximate surface area is 130 Å². The summed E-state index contributed by atoms with van der Waals surface area (Å²) in [6.45, 7) is 6.82. The molecule has 0 atom stereocenters. The van der Waals surface area contributed by atoms with E-state index in [1.807, 2.05) is 43.0 Å². The Morgan fingerprint density at radius 2 is 2.00 bits per heavy atom. The summed E-state index contributed by atoms with van der Waals surface area (Å²) in [4.78, 5) is 17.0. The van der Waals surface area contributed by atoms with Crippen LogP contribution < -0.4 is 5.32 Å². The molecular weight excluding hydrogens is 286 g/mol. The number of aromatic amines is 1. The summed E-state index contributed by atoms with van der Waals surface area (Å²) in [7, 11) is 0. The zero-order chi connectivity index (χ0) is 15.2. The highest BCUT2D eigenvalue weighted by molar-refractivity contribution is 6.36. The van der Waals surface area contributed by atoms with E-state index in [9.17, 15) is 4.79 Å². The number of hydrogen-bond donors (Lipinski definition) is 2. The monoisotopic (exact) mass is 307 g/mol. The molecule has 0 radical (unpaired) electrons. The molecule has 0 aliphatic rings. The fraction of sp³-hybridized carbons (Fsp3) is 0.438. The second-order valence-corrected chi connectivity index (χ2v) is 5.33. The van der Waals surface area contributed by atoms with Crippen molar-refractivity contribution in [1.82, 2.24) is 15.2 Å². The molecule has 21 heavy (non-hydrogen) atoms. The molecule has 114 valence electrons. The van der Waals surface area contributed by atoms with Crippen LogP contribution in [0.15, 0.2) is 24.3 Å². The Kier molecular flexibility index (Phi) is 5.65. The number of hydrogen-bond acceptors (Lipinski definition) is 2. The lowest BCUT2D eigenvalue weighted by Crippen LogP contribution is -2.32. The van der Waals surface area contributed by atoms with Crippen molar-refractivity contribution in [1.29, 1.82) is 0 Å². The predicted molar refractivity (Wildman–Crippen MR) is 87.6 cm³/mol. The third-order valence-corrected chi connectivity index (χ3v) is 4.08. The van der Waals surface area contributed by atoms with E-state index >= 15 is 0 Å². The average Bonchev–Trinajstić information content (AvgIpc) is 2.82. The highest BCUT2D eigenvalue weighted by Gasteiger charge is 2.10. The number of carbonyl (C=O) groups is 1. The zero-order valence-electron chi connectivity index (χ0n) is 12.6. The molecule has 5 heteroatoms. The van der Waals surface area contributed by atoms with E-state index in [4.69, 9.17) is 11.6 Å². The minimum absolute atomic E-state index is 0.190. The van der Waals surface area contributed by atoms with Gasteiger partial charge in [0.1, 0.15) is 0 Å². The number of H-pyrrole nitrogens is 1. The summed E-state index contributed by atoms with van der Waals surface area (Å²) in [6, 6.07) is 7.97. The smallest absolute Gasteiger partial charge is 0.223 e. The Balaban J connectivity index is 1.85. The summed E-state index contributed by atoms with van der Waals surface area (Å²) in [5.74, 6) is 0.190. The van der Waals surface area contributed by atoms with Crippen molar-refractivity contribution in [2.24, 2.45) is 0 Å². The van der Waals surface area contributed by atoms with E-state index in [0.29, 0.717) is 19.5 Å².